The monoisotopic (exact) mass is 366 g/mol. The van der Waals surface area contributed by atoms with Crippen LogP contribution >= 0.6 is 0 Å². The van der Waals surface area contributed by atoms with E-state index in [-0.39, 0.29) is 35.6 Å². The molecule has 1 aliphatic heterocycles. The van der Waals surface area contributed by atoms with Crippen molar-refractivity contribution >= 4 is 23.5 Å². The van der Waals surface area contributed by atoms with Crippen molar-refractivity contribution in [2.75, 3.05) is 18.1 Å². The Kier molecular flexibility index (Phi) is 5.52. The van der Waals surface area contributed by atoms with E-state index >= 15 is 0 Å². The summed E-state index contributed by atoms with van der Waals surface area (Å²) >= 11 is 0. The summed E-state index contributed by atoms with van der Waals surface area (Å²) < 4.78 is 5.76. The fourth-order valence-corrected chi connectivity index (χ4v) is 2.87. The number of benzene rings is 1. The Balaban J connectivity index is 1.85. The highest BCUT2D eigenvalue weighted by atomic mass is 16.5. The zero-order chi connectivity index (χ0) is 19.2. The first-order chi connectivity index (χ1) is 13.1. The van der Waals surface area contributed by atoms with Crippen molar-refractivity contribution in [2.45, 2.75) is 12.8 Å². The summed E-state index contributed by atoms with van der Waals surface area (Å²) in [5.41, 5.74) is 0.634. The van der Waals surface area contributed by atoms with Crippen LogP contribution < -0.4 is 15.0 Å². The second kappa shape index (κ2) is 8.19. The quantitative estimate of drug-likeness (QED) is 0.840. The maximum atomic E-state index is 11.7. The van der Waals surface area contributed by atoms with Gasteiger partial charge in [-0.1, -0.05) is 18.2 Å². The zero-order valence-electron chi connectivity index (χ0n) is 14.5. The lowest BCUT2D eigenvalue weighted by Gasteiger charge is -2.23. The molecule has 2 amide bonds. The van der Waals surface area contributed by atoms with Crippen molar-refractivity contribution in [3.8, 4) is 11.8 Å². The van der Waals surface area contributed by atoms with Gasteiger partial charge in [-0.2, -0.15) is 5.26 Å². The normalized spacial score (nSPS) is 16.1. The Hall–Kier alpha value is -3.60. The Morgan fingerprint density at radius 3 is 2.85 bits per heavy atom. The third-order valence-electron chi connectivity index (χ3n) is 4.23. The highest BCUT2D eigenvalue weighted by Gasteiger charge is 2.22. The molecule has 2 heterocycles. The number of pyridine rings is 1. The lowest BCUT2D eigenvalue weighted by Crippen LogP contribution is -2.35. The number of rotatable bonds is 5. The Morgan fingerprint density at radius 2 is 2.19 bits per heavy atom. The van der Waals surface area contributed by atoms with Crippen LogP contribution in [0.5, 0.6) is 5.75 Å². The summed E-state index contributed by atoms with van der Waals surface area (Å²) in [6, 6.07) is 12.0. The number of carboxylic acid groups (broad SMARTS) is 1. The summed E-state index contributed by atoms with van der Waals surface area (Å²) in [5.74, 6) is 0.401. The Morgan fingerprint density at radius 1 is 1.41 bits per heavy atom. The van der Waals surface area contributed by atoms with Gasteiger partial charge in [0.2, 0.25) is 5.91 Å². The van der Waals surface area contributed by atoms with Crippen LogP contribution in [0.2, 0.25) is 0 Å². The molecule has 1 fully saturated rings. The van der Waals surface area contributed by atoms with E-state index in [1.165, 1.54) is 12.3 Å². The average molecular weight is 366 g/mol. The first kappa shape index (κ1) is 18.2. The van der Waals surface area contributed by atoms with Gasteiger partial charge in [-0.15, -0.1) is 0 Å². The summed E-state index contributed by atoms with van der Waals surface area (Å²) in [4.78, 5) is 28.3. The molecule has 2 aromatic rings. The molecule has 2 N–H and O–H groups in total. The number of carbonyl (C=O) groups is 2. The van der Waals surface area contributed by atoms with Crippen LogP contribution in [-0.4, -0.2) is 35.2 Å². The van der Waals surface area contributed by atoms with Crippen molar-refractivity contribution in [3.63, 3.8) is 0 Å². The van der Waals surface area contributed by atoms with Crippen molar-refractivity contribution < 1.29 is 19.4 Å². The van der Waals surface area contributed by atoms with Crippen LogP contribution in [0.15, 0.2) is 42.6 Å². The molecule has 0 bridgehead atoms. The molecule has 1 saturated heterocycles. The van der Waals surface area contributed by atoms with Gasteiger partial charge in [-0.05, 0) is 18.6 Å². The van der Waals surface area contributed by atoms with Crippen molar-refractivity contribution in [2.24, 2.45) is 5.92 Å². The molecular weight excluding hydrogens is 348 g/mol. The molecule has 1 aromatic carbocycles. The number of carbonyl (C=O) groups excluding carboxylic acids is 1. The predicted molar refractivity (Wildman–Crippen MR) is 96.8 cm³/mol. The molecule has 1 aliphatic rings. The first-order valence-corrected chi connectivity index (χ1v) is 8.46. The summed E-state index contributed by atoms with van der Waals surface area (Å²) in [6.07, 6.45) is 1.24. The van der Waals surface area contributed by atoms with E-state index < -0.39 is 6.09 Å². The number of hydrogen-bond donors (Lipinski definition) is 2. The lowest BCUT2D eigenvalue weighted by atomic mass is 9.99. The fourth-order valence-electron chi connectivity index (χ4n) is 2.87. The van der Waals surface area contributed by atoms with Gasteiger partial charge in [-0.3, -0.25) is 4.79 Å². The molecule has 0 aliphatic carbocycles. The van der Waals surface area contributed by atoms with Gasteiger partial charge in [0.05, 0.1) is 18.5 Å². The Bertz CT molecular complexity index is 879. The molecule has 138 valence electrons. The average Bonchev–Trinajstić information content (AvgIpc) is 2.67. The minimum atomic E-state index is -1.20. The number of nitriles is 1. The third kappa shape index (κ3) is 4.33. The molecule has 8 heteroatoms. The predicted octanol–water partition coefficient (Wildman–Crippen LogP) is 2.67. The molecule has 1 atom stereocenters. The molecule has 8 nitrogen and oxygen atoms in total. The van der Waals surface area contributed by atoms with E-state index in [0.29, 0.717) is 18.7 Å². The number of amides is 2. The largest absolute Gasteiger partial charge is 0.492 e. The second-order valence-corrected chi connectivity index (χ2v) is 6.12. The van der Waals surface area contributed by atoms with Gasteiger partial charge < -0.3 is 15.2 Å². The van der Waals surface area contributed by atoms with Crippen LogP contribution in [0, 0.1) is 17.2 Å². The van der Waals surface area contributed by atoms with E-state index in [0.717, 1.165) is 11.3 Å². The van der Waals surface area contributed by atoms with Crippen molar-refractivity contribution in [1.82, 2.24) is 10.3 Å². The number of ether oxygens (including phenoxy) is 1. The molecule has 1 aromatic heterocycles. The highest BCUT2D eigenvalue weighted by molar-refractivity contribution is 5.93. The van der Waals surface area contributed by atoms with E-state index in [4.69, 9.17) is 4.74 Å². The Labute approximate surface area is 156 Å². The lowest BCUT2D eigenvalue weighted by molar-refractivity contribution is -0.123. The molecule has 1 unspecified atom stereocenters. The van der Waals surface area contributed by atoms with Gasteiger partial charge >= 0.3 is 6.09 Å². The molecule has 0 spiro atoms. The van der Waals surface area contributed by atoms with Crippen molar-refractivity contribution in [3.05, 3.63) is 48.2 Å². The van der Waals surface area contributed by atoms with E-state index in [9.17, 15) is 20.0 Å². The van der Waals surface area contributed by atoms with Crippen molar-refractivity contribution in [1.29, 1.82) is 5.26 Å². The topological polar surface area (TPSA) is 116 Å². The number of aromatic nitrogens is 1. The zero-order valence-corrected chi connectivity index (χ0v) is 14.5. The maximum Gasteiger partial charge on any atom is 0.417 e. The van der Waals surface area contributed by atoms with Crippen LogP contribution in [-0.2, 0) is 4.79 Å². The molecular formula is C19H18N4O4. The van der Waals surface area contributed by atoms with Crippen LogP contribution in [0.3, 0.4) is 0 Å². The smallest absolute Gasteiger partial charge is 0.417 e. The minimum Gasteiger partial charge on any atom is -0.492 e. The molecule has 0 saturated carbocycles. The standard InChI is InChI=1S/C19H18N4O4/c20-10-14-11-22-17(23(19(25)26)15-4-2-1-3-5-15)9-16(14)27-12-13-6-7-21-18(24)8-13/h1-5,9,11,13H,6-8,12H2,(H,21,24)(H,25,26). The van der Waals surface area contributed by atoms with Gasteiger partial charge in [-0.25, -0.2) is 14.7 Å². The first-order valence-electron chi connectivity index (χ1n) is 8.46. The van der Waals surface area contributed by atoms with E-state index in [1.807, 2.05) is 6.07 Å². The van der Waals surface area contributed by atoms with Gasteiger partial charge in [0, 0.05) is 24.9 Å². The molecule has 3 rings (SSSR count). The minimum absolute atomic E-state index is 0.0214. The number of nitrogens with one attached hydrogen (secondary N) is 1. The summed E-state index contributed by atoms with van der Waals surface area (Å²) in [6.45, 7) is 0.865. The van der Waals surface area contributed by atoms with Gasteiger partial charge in [0.15, 0.2) is 0 Å². The van der Waals surface area contributed by atoms with E-state index in [1.54, 1.807) is 30.3 Å². The SMILES string of the molecule is N#Cc1cnc(N(C(=O)O)c2ccccc2)cc1OCC1CCNC(=O)C1. The van der Waals surface area contributed by atoms with Gasteiger partial charge in [0.1, 0.15) is 23.2 Å². The number of nitrogens with zero attached hydrogens (tertiary/aromatic N) is 3. The maximum absolute atomic E-state index is 11.7. The van der Waals surface area contributed by atoms with E-state index in [2.05, 4.69) is 10.3 Å². The highest BCUT2D eigenvalue weighted by Crippen LogP contribution is 2.29. The summed E-state index contributed by atoms with van der Waals surface area (Å²) in [5, 5.41) is 21.6. The molecule has 27 heavy (non-hydrogen) atoms. The van der Waals surface area contributed by atoms with Crippen LogP contribution in [0.25, 0.3) is 0 Å². The van der Waals surface area contributed by atoms with Crippen LogP contribution in [0.1, 0.15) is 18.4 Å². The number of para-hydroxylation sites is 1. The second-order valence-electron chi connectivity index (χ2n) is 6.12. The number of anilines is 2. The van der Waals surface area contributed by atoms with Crippen LogP contribution in [0.4, 0.5) is 16.3 Å². The summed E-state index contributed by atoms with van der Waals surface area (Å²) in [7, 11) is 0. The van der Waals surface area contributed by atoms with Gasteiger partial charge in [0.25, 0.3) is 0 Å². The molecule has 0 radical (unpaired) electrons. The number of piperidine rings is 1. The number of hydrogen-bond acceptors (Lipinski definition) is 5. The third-order valence-corrected chi connectivity index (χ3v) is 4.23. The fraction of sp³-hybridized carbons (Fsp3) is 0.263.